The second-order valence-electron chi connectivity index (χ2n) is 14.7. The molecular formula is C39H42F5N5O4. The number of halogens is 5. The third-order valence-electron chi connectivity index (χ3n) is 11.5. The van der Waals surface area contributed by atoms with Crippen LogP contribution < -0.4 is 14.4 Å². The number of aromatic hydroxyl groups is 1. The van der Waals surface area contributed by atoms with Crippen LogP contribution in [-0.4, -0.2) is 82.4 Å². The van der Waals surface area contributed by atoms with Crippen LogP contribution in [-0.2, 0) is 0 Å². The number of piperidine rings is 1. The van der Waals surface area contributed by atoms with Gasteiger partial charge in [-0.2, -0.15) is 23.1 Å². The lowest BCUT2D eigenvalue weighted by Crippen LogP contribution is -2.54. The van der Waals surface area contributed by atoms with E-state index in [1.54, 1.807) is 0 Å². The van der Waals surface area contributed by atoms with Gasteiger partial charge >= 0.3 is 12.2 Å². The summed E-state index contributed by atoms with van der Waals surface area (Å²) in [4.78, 5) is 17.2. The van der Waals surface area contributed by atoms with E-state index in [0.717, 1.165) is 38.2 Å². The largest absolute Gasteiger partial charge is 0.508 e. The van der Waals surface area contributed by atoms with Crippen molar-refractivity contribution >= 4 is 27.5 Å². The Balaban J connectivity index is 1.34. The lowest BCUT2D eigenvalue weighted by atomic mass is 9.75. The van der Waals surface area contributed by atoms with Crippen molar-refractivity contribution in [3.63, 3.8) is 0 Å². The zero-order chi connectivity index (χ0) is 37.7. The molecule has 3 fully saturated rings. The van der Waals surface area contributed by atoms with Crippen LogP contribution in [0.4, 0.5) is 27.8 Å². The number of pyridine rings is 1. The Hall–Kier alpha value is -4.48. The highest BCUT2D eigenvalue weighted by Gasteiger charge is 2.64. The number of methoxy groups -OCH3 is 1. The van der Waals surface area contributed by atoms with Gasteiger partial charge in [0.15, 0.2) is 11.6 Å². The number of hydrogen-bond donors (Lipinski definition) is 2. The molecule has 2 atom stereocenters. The van der Waals surface area contributed by atoms with E-state index in [9.17, 15) is 27.8 Å². The molecule has 2 unspecified atom stereocenters. The molecule has 3 aliphatic rings. The summed E-state index contributed by atoms with van der Waals surface area (Å²) in [5.41, 5.74) is -2.84. The van der Waals surface area contributed by atoms with E-state index in [0.29, 0.717) is 31.3 Å². The van der Waals surface area contributed by atoms with Crippen LogP contribution in [0.1, 0.15) is 70.3 Å². The Morgan fingerprint density at radius 1 is 1.08 bits per heavy atom. The maximum absolute atomic E-state index is 17.1. The lowest BCUT2D eigenvalue weighted by molar-refractivity contribution is -0.196. The van der Waals surface area contributed by atoms with E-state index in [4.69, 9.17) is 15.9 Å². The van der Waals surface area contributed by atoms with Gasteiger partial charge in [-0.3, -0.25) is 4.90 Å². The molecule has 14 heteroatoms. The lowest BCUT2D eigenvalue weighted by Gasteiger charge is -2.47. The van der Waals surface area contributed by atoms with Crippen LogP contribution >= 0.6 is 0 Å². The van der Waals surface area contributed by atoms with Crippen LogP contribution in [0.2, 0.25) is 0 Å². The first-order valence-electron chi connectivity index (χ1n) is 18.1. The number of hydrogen-bond acceptors (Lipinski definition) is 9. The Bertz CT molecular complexity index is 2080. The van der Waals surface area contributed by atoms with Gasteiger partial charge in [0.25, 0.3) is 0 Å². The molecule has 0 amide bonds. The van der Waals surface area contributed by atoms with E-state index in [-0.39, 0.29) is 88.6 Å². The zero-order valence-electron chi connectivity index (χ0n) is 29.7. The number of aliphatic hydroxyl groups excluding tert-OH is 1. The summed E-state index contributed by atoms with van der Waals surface area (Å²) in [6.07, 6.45) is 6.96. The minimum atomic E-state index is -4.26. The minimum Gasteiger partial charge on any atom is -0.508 e. The van der Waals surface area contributed by atoms with Gasteiger partial charge < -0.3 is 24.6 Å². The van der Waals surface area contributed by atoms with Gasteiger partial charge in [-0.25, -0.2) is 13.8 Å². The van der Waals surface area contributed by atoms with Crippen molar-refractivity contribution < 1.29 is 41.6 Å². The molecule has 9 nitrogen and oxygen atoms in total. The van der Waals surface area contributed by atoms with Crippen LogP contribution in [0.5, 0.6) is 17.6 Å². The molecule has 2 aliphatic carbocycles. The first-order chi connectivity index (χ1) is 25.4. The zero-order valence-corrected chi connectivity index (χ0v) is 29.7. The van der Waals surface area contributed by atoms with E-state index in [1.807, 2.05) is 11.8 Å². The van der Waals surface area contributed by atoms with Crippen molar-refractivity contribution in [2.45, 2.75) is 76.9 Å². The predicted molar refractivity (Wildman–Crippen MR) is 190 cm³/mol. The van der Waals surface area contributed by atoms with E-state index < -0.39 is 35.4 Å². The fourth-order valence-electron chi connectivity index (χ4n) is 8.55. The molecule has 1 saturated heterocycles. The number of nitrogens with zero attached hydrogens (tertiary/aromatic N) is 5. The van der Waals surface area contributed by atoms with Crippen LogP contribution in [0.3, 0.4) is 0 Å². The molecule has 0 bridgehead atoms. The van der Waals surface area contributed by atoms with E-state index >= 15 is 4.39 Å². The van der Waals surface area contributed by atoms with Crippen LogP contribution in [0.25, 0.3) is 32.9 Å². The quantitative estimate of drug-likeness (QED) is 0.0859. The number of aliphatic hydroxyl groups is 1. The monoisotopic (exact) mass is 739 g/mol. The van der Waals surface area contributed by atoms with Crippen molar-refractivity contribution in [2.75, 3.05) is 45.0 Å². The number of fused-ring (bicyclic) bond motifs is 3. The number of unbranched alkanes of at least 4 members (excludes halogenated alkanes) is 1. The Morgan fingerprint density at radius 2 is 1.85 bits per heavy atom. The fraction of sp³-hybridized carbons (Fsp3) is 0.513. The van der Waals surface area contributed by atoms with Gasteiger partial charge in [-0.15, -0.1) is 6.42 Å². The van der Waals surface area contributed by atoms with Gasteiger partial charge in [0.05, 0.1) is 24.7 Å². The molecular weight excluding hydrogens is 697 g/mol. The average molecular weight is 740 g/mol. The molecule has 2 aromatic heterocycles. The normalized spacial score (nSPS) is 21.1. The highest BCUT2D eigenvalue weighted by molar-refractivity contribution is 6.04. The molecule has 2 aromatic carbocycles. The summed E-state index contributed by atoms with van der Waals surface area (Å²) in [5, 5.41) is 21.7. The summed E-state index contributed by atoms with van der Waals surface area (Å²) in [6, 6.07) is 4.88. The van der Waals surface area contributed by atoms with Crippen molar-refractivity contribution in [2.24, 2.45) is 10.8 Å². The second kappa shape index (κ2) is 14.1. The number of phenolic OH excluding ortho intramolecular Hbond substituents is 1. The molecule has 7 rings (SSSR count). The summed E-state index contributed by atoms with van der Waals surface area (Å²) >= 11 is 0. The van der Waals surface area contributed by atoms with Gasteiger partial charge in [-0.05, 0) is 75.1 Å². The number of terminal acetylenes is 1. The van der Waals surface area contributed by atoms with Gasteiger partial charge in [0, 0.05) is 35.5 Å². The number of likely N-dealkylation sites (tertiary alicyclic amines) is 1. The minimum absolute atomic E-state index is 0.0000485. The SMILES string of the molecule is C#Cc1c(F)ccc2cc(O)cc(-c3nc(OC)c4c(N(CO)CCCC)nc(OCC56CCCC5N(CC5(C(F)(F)F)CC5)CCC6)nc4c3F)c12. The molecule has 0 radical (unpaired) electrons. The average Bonchev–Trinajstić information content (AvgIpc) is 3.81. The molecule has 3 heterocycles. The van der Waals surface area contributed by atoms with Crippen molar-refractivity contribution in [1.29, 1.82) is 0 Å². The first kappa shape index (κ1) is 36.9. The topological polar surface area (TPSA) is 104 Å². The summed E-state index contributed by atoms with van der Waals surface area (Å²) in [7, 11) is 1.33. The molecule has 282 valence electrons. The maximum Gasteiger partial charge on any atom is 0.395 e. The molecule has 1 aliphatic heterocycles. The number of phenols is 1. The van der Waals surface area contributed by atoms with Crippen molar-refractivity contribution in [1.82, 2.24) is 19.9 Å². The smallest absolute Gasteiger partial charge is 0.395 e. The summed E-state index contributed by atoms with van der Waals surface area (Å²) in [5.74, 6) is 0.429. The molecule has 53 heavy (non-hydrogen) atoms. The molecule has 0 spiro atoms. The number of rotatable bonds is 12. The molecule has 2 saturated carbocycles. The Kier molecular flexibility index (Phi) is 9.78. The van der Waals surface area contributed by atoms with Gasteiger partial charge in [-0.1, -0.05) is 31.8 Å². The van der Waals surface area contributed by atoms with Gasteiger partial charge in [0.2, 0.25) is 5.88 Å². The Morgan fingerprint density at radius 3 is 2.53 bits per heavy atom. The first-order valence-corrected chi connectivity index (χ1v) is 18.1. The van der Waals surface area contributed by atoms with Gasteiger partial charge in [0.1, 0.15) is 34.9 Å². The van der Waals surface area contributed by atoms with E-state index in [1.165, 1.54) is 30.2 Å². The van der Waals surface area contributed by atoms with Crippen molar-refractivity contribution in [3.05, 3.63) is 41.5 Å². The fourth-order valence-corrected chi connectivity index (χ4v) is 8.55. The number of benzene rings is 2. The number of aromatic nitrogens is 3. The number of ether oxygens (including phenoxy) is 2. The summed E-state index contributed by atoms with van der Waals surface area (Å²) < 4.78 is 86.1. The highest BCUT2D eigenvalue weighted by Crippen LogP contribution is 2.59. The van der Waals surface area contributed by atoms with Crippen LogP contribution in [0, 0.1) is 34.8 Å². The second-order valence-corrected chi connectivity index (χ2v) is 14.7. The standard InChI is InChI=1S/C39H42F5N5O4/c1-4-6-16-49(22-50)34-30-33(31(41)32(45-35(30)52-3)26-19-24(51)18-23-10-11-27(40)25(5-2)29(23)26)46-36(47-34)53-21-37-12-7-9-28(37)48(17-8-13-37)20-38(14-15-38)39(42,43)44/h2,10-11,18-19,28,50-51H,4,6-9,12-17,20-22H2,1,3H3. The van der Waals surface area contributed by atoms with Crippen LogP contribution in [0.15, 0.2) is 24.3 Å². The molecule has 2 N–H and O–H groups in total. The third-order valence-corrected chi connectivity index (χ3v) is 11.5. The highest BCUT2D eigenvalue weighted by atomic mass is 19.4. The molecule has 4 aromatic rings. The number of alkyl halides is 3. The Labute approximate surface area is 304 Å². The third kappa shape index (κ3) is 6.45. The van der Waals surface area contributed by atoms with E-state index in [2.05, 4.69) is 20.9 Å². The predicted octanol–water partition coefficient (Wildman–Crippen LogP) is 7.73. The summed E-state index contributed by atoms with van der Waals surface area (Å²) in [6.45, 7) is 2.49. The maximum atomic E-state index is 17.1. The number of anilines is 1. The van der Waals surface area contributed by atoms with Crippen molar-refractivity contribution in [3.8, 4) is 41.2 Å².